The first-order valence-corrected chi connectivity index (χ1v) is 7.38. The van der Waals surface area contributed by atoms with Crippen LogP contribution in [0, 0.1) is 5.92 Å². The summed E-state index contributed by atoms with van der Waals surface area (Å²) in [6.45, 7) is 6.46. The fourth-order valence-electron chi connectivity index (χ4n) is 1.44. The number of hydrogen-bond donors (Lipinski definition) is 1. The molecule has 17 heavy (non-hydrogen) atoms. The van der Waals surface area contributed by atoms with E-state index in [0.717, 1.165) is 22.3 Å². The highest BCUT2D eigenvalue weighted by Crippen LogP contribution is 2.23. The summed E-state index contributed by atoms with van der Waals surface area (Å²) >= 11 is 3.24. The van der Waals surface area contributed by atoms with Crippen LogP contribution < -0.4 is 5.32 Å². The number of aromatic nitrogens is 3. The van der Waals surface area contributed by atoms with Crippen LogP contribution in [0.15, 0.2) is 10.9 Å². The molecular formula is C11H16N4S2. The fourth-order valence-corrected chi connectivity index (χ4v) is 3.13. The molecule has 2 rings (SSSR count). The number of hydrogen-bond acceptors (Lipinski definition) is 6. The van der Waals surface area contributed by atoms with Crippen LogP contribution in [-0.2, 0) is 6.42 Å². The fraction of sp³-hybridized carbons (Fsp3) is 0.545. The largest absolute Gasteiger partial charge is 0.352 e. The molecule has 0 spiro atoms. The molecule has 0 amide bonds. The average Bonchev–Trinajstić information content (AvgIpc) is 2.87. The van der Waals surface area contributed by atoms with Crippen LogP contribution in [0.3, 0.4) is 0 Å². The maximum absolute atomic E-state index is 4.28. The topological polar surface area (TPSA) is 50.7 Å². The van der Waals surface area contributed by atoms with Crippen LogP contribution >= 0.6 is 22.7 Å². The summed E-state index contributed by atoms with van der Waals surface area (Å²) in [7, 11) is 0. The van der Waals surface area contributed by atoms with Gasteiger partial charge >= 0.3 is 0 Å². The molecule has 1 N–H and O–H groups in total. The van der Waals surface area contributed by atoms with E-state index in [9.17, 15) is 0 Å². The monoisotopic (exact) mass is 268 g/mol. The molecule has 0 saturated carbocycles. The Morgan fingerprint density at radius 2 is 2.12 bits per heavy atom. The van der Waals surface area contributed by atoms with E-state index in [2.05, 4.69) is 41.3 Å². The molecular weight excluding hydrogens is 252 g/mol. The van der Waals surface area contributed by atoms with Crippen molar-refractivity contribution >= 4 is 27.8 Å². The van der Waals surface area contributed by atoms with E-state index in [0.29, 0.717) is 5.92 Å². The Kier molecular flexibility index (Phi) is 4.06. The first kappa shape index (κ1) is 12.4. The van der Waals surface area contributed by atoms with Crippen LogP contribution in [0.4, 0.5) is 5.13 Å². The second-order valence-corrected chi connectivity index (χ2v) is 6.16. The van der Waals surface area contributed by atoms with Crippen LogP contribution in [0.1, 0.15) is 37.5 Å². The quantitative estimate of drug-likeness (QED) is 0.903. The Labute approximate surface area is 109 Å². The molecule has 0 aromatic carbocycles. The van der Waals surface area contributed by atoms with Crippen molar-refractivity contribution in [2.75, 3.05) is 5.32 Å². The summed E-state index contributed by atoms with van der Waals surface area (Å²) < 4.78 is 0. The summed E-state index contributed by atoms with van der Waals surface area (Å²) in [5, 5.41) is 15.7. The van der Waals surface area contributed by atoms with E-state index in [1.165, 1.54) is 0 Å². The zero-order valence-corrected chi connectivity index (χ0v) is 11.8. The van der Waals surface area contributed by atoms with Crippen molar-refractivity contribution < 1.29 is 0 Å². The molecule has 0 bridgehead atoms. The molecule has 2 aromatic heterocycles. The molecule has 92 valence electrons. The van der Waals surface area contributed by atoms with Crippen molar-refractivity contribution in [2.24, 2.45) is 5.92 Å². The van der Waals surface area contributed by atoms with E-state index in [1.54, 1.807) is 22.7 Å². The molecule has 4 nitrogen and oxygen atoms in total. The highest BCUT2D eigenvalue weighted by molar-refractivity contribution is 7.15. The lowest BCUT2D eigenvalue weighted by molar-refractivity contribution is 0.640. The van der Waals surface area contributed by atoms with Gasteiger partial charge in [0.05, 0.1) is 17.2 Å². The smallest absolute Gasteiger partial charge is 0.206 e. The number of nitrogens with one attached hydrogen (secondary N) is 1. The molecule has 0 saturated heterocycles. The number of thiazole rings is 1. The third-order valence-electron chi connectivity index (χ3n) is 2.28. The Hall–Kier alpha value is -1.01. The van der Waals surface area contributed by atoms with Gasteiger partial charge in [-0.15, -0.1) is 21.5 Å². The molecule has 0 radical (unpaired) electrons. The molecule has 6 heteroatoms. The van der Waals surface area contributed by atoms with Crippen LogP contribution in [-0.4, -0.2) is 15.2 Å². The van der Waals surface area contributed by atoms with Gasteiger partial charge in [-0.25, -0.2) is 4.98 Å². The maximum Gasteiger partial charge on any atom is 0.206 e. The lowest BCUT2D eigenvalue weighted by Crippen LogP contribution is -2.06. The third-order valence-corrected chi connectivity index (χ3v) is 3.77. The molecule has 0 aliphatic rings. The zero-order valence-electron chi connectivity index (χ0n) is 10.2. The lowest BCUT2D eigenvalue weighted by Gasteiger charge is -2.08. The molecule has 0 aliphatic carbocycles. The SMILES string of the molecule is CC(C)Cc1nnc(NC(C)c2cscn2)s1. The predicted molar refractivity (Wildman–Crippen MR) is 72.6 cm³/mol. The summed E-state index contributed by atoms with van der Waals surface area (Å²) in [5.41, 5.74) is 2.90. The summed E-state index contributed by atoms with van der Waals surface area (Å²) in [4.78, 5) is 4.28. The minimum atomic E-state index is 0.182. The Morgan fingerprint density at radius 3 is 2.76 bits per heavy atom. The number of nitrogens with zero attached hydrogens (tertiary/aromatic N) is 3. The first-order valence-electron chi connectivity index (χ1n) is 5.62. The van der Waals surface area contributed by atoms with Gasteiger partial charge in [0.15, 0.2) is 0 Å². The summed E-state index contributed by atoms with van der Waals surface area (Å²) in [6.07, 6.45) is 0.991. The van der Waals surface area contributed by atoms with Crippen molar-refractivity contribution in [1.82, 2.24) is 15.2 Å². The first-order chi connectivity index (χ1) is 8.15. The molecule has 0 fully saturated rings. The van der Waals surface area contributed by atoms with Crippen LogP contribution in [0.25, 0.3) is 0 Å². The van der Waals surface area contributed by atoms with E-state index < -0.39 is 0 Å². The second kappa shape index (κ2) is 5.55. The Bertz CT molecular complexity index is 450. The number of rotatable bonds is 5. The van der Waals surface area contributed by atoms with Gasteiger partial charge in [-0.3, -0.25) is 0 Å². The standard InChI is InChI=1S/C11H16N4S2/c1-7(2)4-10-14-15-11(17-10)13-8(3)9-5-16-6-12-9/h5-8H,4H2,1-3H3,(H,13,15). The van der Waals surface area contributed by atoms with Gasteiger partial charge in [-0.1, -0.05) is 25.2 Å². The van der Waals surface area contributed by atoms with Crippen molar-refractivity contribution in [3.05, 3.63) is 21.6 Å². The maximum atomic E-state index is 4.28. The third kappa shape index (κ3) is 3.47. The van der Waals surface area contributed by atoms with Crippen molar-refractivity contribution in [3.8, 4) is 0 Å². The molecule has 2 aromatic rings. The van der Waals surface area contributed by atoms with Crippen LogP contribution in [0.5, 0.6) is 0 Å². The minimum Gasteiger partial charge on any atom is -0.352 e. The van der Waals surface area contributed by atoms with E-state index in [1.807, 2.05) is 10.9 Å². The van der Waals surface area contributed by atoms with Crippen molar-refractivity contribution in [3.63, 3.8) is 0 Å². The van der Waals surface area contributed by atoms with E-state index in [4.69, 9.17) is 0 Å². The highest BCUT2D eigenvalue weighted by Gasteiger charge is 2.11. The van der Waals surface area contributed by atoms with Crippen LogP contribution in [0.2, 0.25) is 0 Å². The van der Waals surface area contributed by atoms with E-state index in [-0.39, 0.29) is 6.04 Å². The Morgan fingerprint density at radius 1 is 1.29 bits per heavy atom. The average molecular weight is 268 g/mol. The number of anilines is 1. The highest BCUT2D eigenvalue weighted by atomic mass is 32.1. The normalized spacial score (nSPS) is 12.9. The predicted octanol–water partition coefficient (Wildman–Crippen LogP) is 3.37. The van der Waals surface area contributed by atoms with Gasteiger partial charge in [-0.2, -0.15) is 0 Å². The van der Waals surface area contributed by atoms with Gasteiger partial charge in [-0.05, 0) is 12.8 Å². The van der Waals surface area contributed by atoms with Crippen molar-refractivity contribution in [2.45, 2.75) is 33.2 Å². The summed E-state index contributed by atoms with van der Waals surface area (Å²) in [5.74, 6) is 0.617. The minimum absolute atomic E-state index is 0.182. The second-order valence-electron chi connectivity index (χ2n) is 4.38. The Balaban J connectivity index is 1.97. The molecule has 1 atom stereocenters. The van der Waals surface area contributed by atoms with Gasteiger partial charge in [0.1, 0.15) is 5.01 Å². The zero-order chi connectivity index (χ0) is 12.3. The van der Waals surface area contributed by atoms with Gasteiger partial charge in [0, 0.05) is 11.8 Å². The molecule has 1 unspecified atom stereocenters. The lowest BCUT2D eigenvalue weighted by atomic mass is 10.1. The van der Waals surface area contributed by atoms with Gasteiger partial charge in [0.2, 0.25) is 5.13 Å². The molecule has 0 aliphatic heterocycles. The van der Waals surface area contributed by atoms with Crippen molar-refractivity contribution in [1.29, 1.82) is 0 Å². The molecule has 2 heterocycles. The van der Waals surface area contributed by atoms with Gasteiger partial charge in [0.25, 0.3) is 0 Å². The van der Waals surface area contributed by atoms with Gasteiger partial charge < -0.3 is 5.32 Å². The van der Waals surface area contributed by atoms with E-state index >= 15 is 0 Å². The summed E-state index contributed by atoms with van der Waals surface area (Å²) in [6, 6.07) is 0.182.